The Kier molecular flexibility index (Phi) is 6.11. The van der Waals surface area contributed by atoms with Crippen LogP contribution in [0.5, 0.6) is 0 Å². The summed E-state index contributed by atoms with van der Waals surface area (Å²) in [6, 6.07) is 6.47. The number of carbonyl (C=O) groups excluding carboxylic acids is 2. The summed E-state index contributed by atoms with van der Waals surface area (Å²) in [5, 5.41) is 7.76. The van der Waals surface area contributed by atoms with Gasteiger partial charge in [0.15, 0.2) is 0 Å². The Bertz CT molecular complexity index is 921. The van der Waals surface area contributed by atoms with E-state index in [0.717, 1.165) is 25.8 Å². The summed E-state index contributed by atoms with van der Waals surface area (Å²) in [5.41, 5.74) is 3.84. The number of hydrogen-bond donors (Lipinski definition) is 3. The van der Waals surface area contributed by atoms with Crippen molar-refractivity contribution in [3.05, 3.63) is 35.5 Å². The number of carbonyl (C=O) groups is 2. The molecule has 7 nitrogen and oxygen atoms in total. The number of urea groups is 1. The Balaban J connectivity index is 1.52. The molecule has 1 aromatic carbocycles. The Morgan fingerprint density at radius 2 is 2.07 bits per heavy atom. The maximum Gasteiger partial charge on any atom is 0.324 e. The van der Waals surface area contributed by atoms with E-state index in [4.69, 9.17) is 0 Å². The van der Waals surface area contributed by atoms with E-state index in [1.165, 1.54) is 26.9 Å². The Labute approximate surface area is 178 Å². The van der Waals surface area contributed by atoms with Gasteiger partial charge in [-0.05, 0) is 64.0 Å². The van der Waals surface area contributed by atoms with Crippen molar-refractivity contribution in [3.63, 3.8) is 0 Å². The van der Waals surface area contributed by atoms with Gasteiger partial charge in [-0.1, -0.05) is 12.1 Å². The van der Waals surface area contributed by atoms with Crippen LogP contribution < -0.4 is 10.6 Å². The molecule has 4 rings (SSSR count). The van der Waals surface area contributed by atoms with E-state index in [1.807, 2.05) is 21.0 Å². The van der Waals surface area contributed by atoms with Crippen molar-refractivity contribution in [2.24, 2.45) is 5.92 Å². The summed E-state index contributed by atoms with van der Waals surface area (Å²) in [6.45, 7) is 4.31. The van der Waals surface area contributed by atoms with Gasteiger partial charge in [0, 0.05) is 48.7 Å². The smallest absolute Gasteiger partial charge is 0.324 e. The van der Waals surface area contributed by atoms with Crippen molar-refractivity contribution >= 4 is 22.8 Å². The summed E-state index contributed by atoms with van der Waals surface area (Å²) in [4.78, 5) is 32.9. The van der Waals surface area contributed by atoms with Crippen LogP contribution >= 0.6 is 0 Å². The highest BCUT2D eigenvalue weighted by atomic mass is 16.2. The molecule has 3 unspecified atom stereocenters. The molecular formula is C23H33N5O2. The minimum Gasteiger partial charge on any atom is -0.361 e. The van der Waals surface area contributed by atoms with Crippen molar-refractivity contribution in [1.82, 2.24) is 25.4 Å². The maximum absolute atomic E-state index is 13.4. The number of piperidine rings is 1. The Morgan fingerprint density at radius 1 is 1.23 bits per heavy atom. The molecule has 0 radical (unpaired) electrons. The Morgan fingerprint density at radius 3 is 2.83 bits per heavy atom. The van der Waals surface area contributed by atoms with E-state index >= 15 is 0 Å². The number of amides is 3. The molecule has 3 atom stereocenters. The second-order valence-corrected chi connectivity index (χ2v) is 8.82. The molecule has 3 N–H and O–H groups in total. The summed E-state index contributed by atoms with van der Waals surface area (Å²) in [6.07, 6.45) is 4.65. The van der Waals surface area contributed by atoms with Gasteiger partial charge in [-0.15, -0.1) is 0 Å². The lowest BCUT2D eigenvalue weighted by Gasteiger charge is -2.40. The van der Waals surface area contributed by atoms with Gasteiger partial charge in [0.1, 0.15) is 0 Å². The number of benzene rings is 1. The molecule has 0 bridgehead atoms. The fourth-order valence-electron chi connectivity index (χ4n) is 5.05. The predicted molar refractivity (Wildman–Crippen MR) is 119 cm³/mol. The second-order valence-electron chi connectivity index (χ2n) is 8.82. The number of aromatic nitrogens is 1. The first kappa shape index (κ1) is 20.9. The normalized spacial score (nSPS) is 22.7. The second kappa shape index (κ2) is 8.78. The van der Waals surface area contributed by atoms with Crippen LogP contribution in [0.3, 0.4) is 0 Å². The van der Waals surface area contributed by atoms with E-state index in [9.17, 15) is 9.59 Å². The van der Waals surface area contributed by atoms with Gasteiger partial charge in [-0.3, -0.25) is 9.69 Å². The number of rotatable bonds is 6. The van der Waals surface area contributed by atoms with Gasteiger partial charge in [-0.25, -0.2) is 4.79 Å². The molecule has 3 amide bonds. The molecule has 0 saturated carbocycles. The van der Waals surface area contributed by atoms with Gasteiger partial charge in [-0.2, -0.15) is 0 Å². The largest absolute Gasteiger partial charge is 0.361 e. The molecule has 2 aromatic rings. The third kappa shape index (κ3) is 3.96. The number of imide groups is 1. The highest BCUT2D eigenvalue weighted by Crippen LogP contribution is 2.42. The van der Waals surface area contributed by atoms with Gasteiger partial charge in [0.25, 0.3) is 0 Å². The average Bonchev–Trinajstić information content (AvgIpc) is 3.15. The number of nitrogens with one attached hydrogen (secondary N) is 3. The van der Waals surface area contributed by atoms with Gasteiger partial charge in [0.2, 0.25) is 5.91 Å². The predicted octanol–water partition coefficient (Wildman–Crippen LogP) is 2.30. The third-order valence-electron chi connectivity index (χ3n) is 6.49. The monoisotopic (exact) mass is 411 g/mol. The summed E-state index contributed by atoms with van der Waals surface area (Å²) in [7, 11) is 4.00. The molecule has 1 aromatic heterocycles. The lowest BCUT2D eigenvalue weighted by molar-refractivity contribution is -0.133. The van der Waals surface area contributed by atoms with Crippen molar-refractivity contribution in [1.29, 1.82) is 0 Å². The standard InChI is InChI=1S/C23H33N5O2/c1-4-24-23(30)28(10-6-9-27(2)3)22(29)16-11-18-17-7-5-8-19-21(17)15(13-25-19)12-20(18)26-14-16/h5,7-8,13,16,18,20,25-26H,4,6,9-12,14H2,1-3H3,(H,24,30). The zero-order valence-electron chi connectivity index (χ0n) is 18.2. The lowest BCUT2D eigenvalue weighted by atomic mass is 9.73. The number of fused-ring (bicyclic) bond motifs is 2. The van der Waals surface area contributed by atoms with Crippen LogP contribution in [0.4, 0.5) is 4.79 Å². The zero-order valence-corrected chi connectivity index (χ0v) is 18.2. The highest BCUT2D eigenvalue weighted by Gasteiger charge is 2.40. The fraction of sp³-hybridized carbons (Fsp3) is 0.565. The molecule has 162 valence electrons. The average molecular weight is 412 g/mol. The topological polar surface area (TPSA) is 80.5 Å². The minimum atomic E-state index is -0.276. The van der Waals surface area contributed by atoms with Crippen LogP contribution in [0, 0.1) is 5.92 Å². The van der Waals surface area contributed by atoms with Gasteiger partial charge < -0.3 is 20.5 Å². The van der Waals surface area contributed by atoms with E-state index < -0.39 is 0 Å². The first-order chi connectivity index (χ1) is 14.5. The highest BCUT2D eigenvalue weighted by molar-refractivity contribution is 5.96. The van der Waals surface area contributed by atoms with Gasteiger partial charge >= 0.3 is 6.03 Å². The molecule has 2 heterocycles. The van der Waals surface area contributed by atoms with E-state index in [2.05, 4.69) is 44.9 Å². The van der Waals surface area contributed by atoms with Crippen molar-refractivity contribution in [2.75, 3.05) is 40.3 Å². The zero-order chi connectivity index (χ0) is 21.3. The van der Waals surface area contributed by atoms with E-state index in [1.54, 1.807) is 0 Å². The molecule has 1 saturated heterocycles. The maximum atomic E-state index is 13.4. The van der Waals surface area contributed by atoms with Crippen LogP contribution in [0.1, 0.15) is 36.8 Å². The number of hydrogen-bond acceptors (Lipinski definition) is 4. The number of nitrogens with zero attached hydrogens (tertiary/aromatic N) is 2. The first-order valence-electron chi connectivity index (χ1n) is 11.1. The molecular weight excluding hydrogens is 378 g/mol. The quantitative estimate of drug-likeness (QED) is 0.681. The summed E-state index contributed by atoms with van der Waals surface area (Å²) in [5.74, 6) is 0.0409. The minimum absolute atomic E-state index is 0.0577. The SMILES string of the molecule is CCNC(=O)N(CCCN(C)C)C(=O)C1CNC2Cc3c[nH]c4cccc(c34)C2C1. The van der Waals surface area contributed by atoms with Crippen LogP contribution in [-0.2, 0) is 11.2 Å². The van der Waals surface area contributed by atoms with Crippen molar-refractivity contribution in [2.45, 2.75) is 38.1 Å². The molecule has 1 fully saturated rings. The molecule has 2 aliphatic rings. The Hall–Kier alpha value is -2.38. The van der Waals surface area contributed by atoms with Gasteiger partial charge in [0.05, 0.1) is 5.92 Å². The third-order valence-corrected chi connectivity index (χ3v) is 6.49. The van der Waals surface area contributed by atoms with Crippen LogP contribution in [0.25, 0.3) is 10.9 Å². The number of aromatic amines is 1. The molecule has 0 spiro atoms. The molecule has 7 heteroatoms. The first-order valence-corrected chi connectivity index (χ1v) is 11.1. The van der Waals surface area contributed by atoms with Crippen LogP contribution in [-0.4, -0.2) is 73.0 Å². The van der Waals surface area contributed by atoms with Crippen LogP contribution in [0.2, 0.25) is 0 Å². The molecule has 30 heavy (non-hydrogen) atoms. The molecule has 1 aliphatic heterocycles. The number of H-pyrrole nitrogens is 1. The van der Waals surface area contributed by atoms with E-state index in [0.29, 0.717) is 25.7 Å². The van der Waals surface area contributed by atoms with Crippen molar-refractivity contribution < 1.29 is 9.59 Å². The summed E-state index contributed by atoms with van der Waals surface area (Å²) >= 11 is 0. The van der Waals surface area contributed by atoms with Crippen molar-refractivity contribution in [3.8, 4) is 0 Å². The summed E-state index contributed by atoms with van der Waals surface area (Å²) < 4.78 is 0. The van der Waals surface area contributed by atoms with E-state index in [-0.39, 0.29) is 23.8 Å². The lowest BCUT2D eigenvalue weighted by Crippen LogP contribution is -2.54. The van der Waals surface area contributed by atoms with Crippen LogP contribution in [0.15, 0.2) is 24.4 Å². The fourth-order valence-corrected chi connectivity index (χ4v) is 5.05. The molecule has 1 aliphatic carbocycles.